The Morgan fingerprint density at radius 2 is 1.89 bits per heavy atom. The van der Waals surface area contributed by atoms with Gasteiger partial charge in [-0.25, -0.2) is 0 Å². The van der Waals surface area contributed by atoms with Crippen molar-refractivity contribution in [1.29, 1.82) is 0 Å². The van der Waals surface area contributed by atoms with E-state index in [9.17, 15) is 4.79 Å². The lowest BCUT2D eigenvalue weighted by molar-refractivity contribution is -0.122. The summed E-state index contributed by atoms with van der Waals surface area (Å²) in [6.07, 6.45) is 6.41. The topological polar surface area (TPSA) is 55.1 Å². The quantitative estimate of drug-likeness (QED) is 0.792. The highest BCUT2D eigenvalue weighted by molar-refractivity contribution is 5.76. The first kappa shape index (κ1) is 15.5. The van der Waals surface area contributed by atoms with Crippen LogP contribution >= 0.6 is 0 Å². The minimum Gasteiger partial charge on any atom is -0.353 e. The van der Waals surface area contributed by atoms with Gasteiger partial charge >= 0.3 is 0 Å². The second-order valence-electron chi connectivity index (χ2n) is 6.64. The molecule has 1 saturated carbocycles. The average Bonchev–Trinajstić information content (AvgIpc) is 2.28. The molecule has 0 saturated heterocycles. The molecule has 0 aliphatic heterocycles. The fourth-order valence-corrected chi connectivity index (χ4v) is 2.89. The zero-order chi connectivity index (χ0) is 13.8. The van der Waals surface area contributed by atoms with Crippen LogP contribution in [0, 0.1) is 11.3 Å². The van der Waals surface area contributed by atoms with E-state index in [0.29, 0.717) is 17.9 Å². The largest absolute Gasteiger partial charge is 0.353 e. The fourth-order valence-electron chi connectivity index (χ4n) is 2.89. The van der Waals surface area contributed by atoms with Crippen LogP contribution in [0.4, 0.5) is 0 Å². The van der Waals surface area contributed by atoms with Crippen LogP contribution in [0.1, 0.15) is 66.2 Å². The van der Waals surface area contributed by atoms with E-state index < -0.39 is 0 Å². The summed E-state index contributed by atoms with van der Waals surface area (Å²) in [7, 11) is 0. The Labute approximate surface area is 112 Å². The molecule has 106 valence electrons. The third kappa shape index (κ3) is 4.60. The van der Waals surface area contributed by atoms with Crippen molar-refractivity contribution in [1.82, 2.24) is 5.32 Å². The van der Waals surface area contributed by atoms with Gasteiger partial charge in [-0.05, 0) is 43.9 Å². The lowest BCUT2D eigenvalue weighted by Gasteiger charge is -2.39. The minimum atomic E-state index is -0.0413. The van der Waals surface area contributed by atoms with E-state index in [0.717, 1.165) is 18.8 Å². The molecule has 0 heterocycles. The van der Waals surface area contributed by atoms with Gasteiger partial charge < -0.3 is 11.1 Å². The van der Waals surface area contributed by atoms with Crippen molar-refractivity contribution < 1.29 is 4.79 Å². The maximum atomic E-state index is 11.7. The van der Waals surface area contributed by atoms with Gasteiger partial charge in [-0.3, -0.25) is 4.79 Å². The molecule has 0 aromatic rings. The highest BCUT2D eigenvalue weighted by Gasteiger charge is 2.32. The zero-order valence-electron chi connectivity index (χ0n) is 12.5. The molecule has 1 amide bonds. The SMILES string of the molecule is CCC(C)(C)C1CCC(NC(=O)CC(C)N)CC1. The summed E-state index contributed by atoms with van der Waals surface area (Å²) in [6.45, 7) is 8.89. The molecular formula is C15H30N2O. The molecule has 1 aliphatic carbocycles. The Bertz CT molecular complexity index is 266. The number of amides is 1. The highest BCUT2D eigenvalue weighted by atomic mass is 16.1. The lowest BCUT2D eigenvalue weighted by atomic mass is 9.69. The highest BCUT2D eigenvalue weighted by Crippen LogP contribution is 2.40. The molecule has 1 fully saturated rings. The van der Waals surface area contributed by atoms with E-state index in [2.05, 4.69) is 26.1 Å². The molecule has 1 aliphatic rings. The Balaban J connectivity index is 2.34. The predicted molar refractivity (Wildman–Crippen MR) is 76.2 cm³/mol. The van der Waals surface area contributed by atoms with E-state index >= 15 is 0 Å². The van der Waals surface area contributed by atoms with E-state index in [1.165, 1.54) is 19.3 Å². The predicted octanol–water partition coefficient (Wildman–Crippen LogP) is 2.83. The summed E-state index contributed by atoms with van der Waals surface area (Å²) in [4.78, 5) is 11.7. The van der Waals surface area contributed by atoms with Gasteiger partial charge in [-0.15, -0.1) is 0 Å². The number of carbonyl (C=O) groups is 1. The summed E-state index contributed by atoms with van der Waals surface area (Å²) < 4.78 is 0. The van der Waals surface area contributed by atoms with Crippen LogP contribution in [0.5, 0.6) is 0 Å². The third-order valence-corrected chi connectivity index (χ3v) is 4.62. The van der Waals surface area contributed by atoms with Gasteiger partial charge in [0.25, 0.3) is 0 Å². The molecule has 0 bridgehead atoms. The lowest BCUT2D eigenvalue weighted by Crippen LogP contribution is -2.41. The normalized spacial score (nSPS) is 26.7. The van der Waals surface area contributed by atoms with Crippen LogP contribution in [0.15, 0.2) is 0 Å². The number of nitrogens with two attached hydrogens (primary N) is 1. The number of hydrogen-bond donors (Lipinski definition) is 2. The number of nitrogens with one attached hydrogen (secondary N) is 1. The molecule has 0 aromatic carbocycles. The van der Waals surface area contributed by atoms with Crippen molar-refractivity contribution in [3.8, 4) is 0 Å². The second kappa shape index (κ2) is 6.55. The molecule has 0 radical (unpaired) electrons. The zero-order valence-corrected chi connectivity index (χ0v) is 12.5. The Morgan fingerprint density at radius 1 is 1.33 bits per heavy atom. The Morgan fingerprint density at radius 3 is 2.33 bits per heavy atom. The van der Waals surface area contributed by atoms with Crippen LogP contribution in [-0.4, -0.2) is 18.0 Å². The average molecular weight is 254 g/mol. The molecule has 3 N–H and O–H groups in total. The van der Waals surface area contributed by atoms with Crippen molar-refractivity contribution in [2.75, 3.05) is 0 Å². The van der Waals surface area contributed by atoms with Gasteiger partial charge in [0.05, 0.1) is 0 Å². The molecule has 1 unspecified atom stereocenters. The number of rotatable bonds is 5. The summed E-state index contributed by atoms with van der Waals surface area (Å²) in [5, 5.41) is 3.12. The first-order valence-corrected chi connectivity index (χ1v) is 7.40. The maximum Gasteiger partial charge on any atom is 0.221 e. The van der Waals surface area contributed by atoms with E-state index in [1.54, 1.807) is 0 Å². The number of carbonyl (C=O) groups excluding carboxylic acids is 1. The fraction of sp³-hybridized carbons (Fsp3) is 0.933. The molecule has 3 nitrogen and oxygen atoms in total. The van der Waals surface area contributed by atoms with Crippen molar-refractivity contribution in [3.05, 3.63) is 0 Å². The molecule has 18 heavy (non-hydrogen) atoms. The maximum absolute atomic E-state index is 11.7. The molecule has 0 spiro atoms. The van der Waals surface area contributed by atoms with Gasteiger partial charge in [0.1, 0.15) is 0 Å². The van der Waals surface area contributed by atoms with Crippen molar-refractivity contribution in [2.24, 2.45) is 17.1 Å². The second-order valence-corrected chi connectivity index (χ2v) is 6.64. The van der Waals surface area contributed by atoms with Crippen LogP contribution in [0.2, 0.25) is 0 Å². The smallest absolute Gasteiger partial charge is 0.221 e. The third-order valence-electron chi connectivity index (χ3n) is 4.62. The van der Waals surface area contributed by atoms with E-state index in [-0.39, 0.29) is 11.9 Å². The molecule has 0 aromatic heterocycles. The van der Waals surface area contributed by atoms with Gasteiger partial charge in [-0.2, -0.15) is 0 Å². The van der Waals surface area contributed by atoms with Crippen LogP contribution in [0.25, 0.3) is 0 Å². The Hall–Kier alpha value is -0.570. The van der Waals surface area contributed by atoms with Crippen LogP contribution < -0.4 is 11.1 Å². The van der Waals surface area contributed by atoms with Crippen molar-refractivity contribution in [3.63, 3.8) is 0 Å². The standard InChI is InChI=1S/C15H30N2O/c1-5-15(3,4)12-6-8-13(9-7-12)17-14(18)10-11(2)16/h11-13H,5-10,16H2,1-4H3,(H,17,18). The molecule has 3 heteroatoms. The minimum absolute atomic E-state index is 0.0413. The first-order valence-electron chi connectivity index (χ1n) is 7.40. The summed E-state index contributed by atoms with van der Waals surface area (Å²) in [5.41, 5.74) is 6.08. The summed E-state index contributed by atoms with van der Waals surface area (Å²) in [5.74, 6) is 0.923. The van der Waals surface area contributed by atoms with E-state index in [4.69, 9.17) is 5.73 Å². The van der Waals surface area contributed by atoms with E-state index in [1.807, 2.05) is 6.92 Å². The van der Waals surface area contributed by atoms with Crippen molar-refractivity contribution >= 4 is 5.91 Å². The Kier molecular flexibility index (Phi) is 5.64. The van der Waals surface area contributed by atoms with Gasteiger partial charge in [0.2, 0.25) is 5.91 Å². The summed E-state index contributed by atoms with van der Waals surface area (Å²) >= 11 is 0. The molecular weight excluding hydrogens is 224 g/mol. The van der Waals surface area contributed by atoms with Gasteiger partial charge in [-0.1, -0.05) is 27.2 Å². The first-order chi connectivity index (χ1) is 8.35. The molecule has 1 rings (SSSR count). The van der Waals surface area contributed by atoms with Crippen LogP contribution in [-0.2, 0) is 4.79 Å². The van der Waals surface area contributed by atoms with Crippen molar-refractivity contribution in [2.45, 2.75) is 78.3 Å². The summed E-state index contributed by atoms with van der Waals surface area (Å²) in [6, 6.07) is 0.334. The number of hydrogen-bond acceptors (Lipinski definition) is 2. The monoisotopic (exact) mass is 254 g/mol. The molecule has 1 atom stereocenters. The van der Waals surface area contributed by atoms with Crippen LogP contribution in [0.3, 0.4) is 0 Å². The van der Waals surface area contributed by atoms with Gasteiger partial charge in [0.15, 0.2) is 0 Å². The van der Waals surface area contributed by atoms with Gasteiger partial charge in [0, 0.05) is 18.5 Å².